The molecule has 0 amide bonds. The number of hydrogen-bond acceptors (Lipinski definition) is 2. The molecule has 0 radical (unpaired) electrons. The highest BCUT2D eigenvalue weighted by Crippen LogP contribution is 2.39. The largest absolute Gasteiger partial charge is 0.453 e. The van der Waals surface area contributed by atoms with Gasteiger partial charge in [0, 0.05) is 0 Å². The predicted molar refractivity (Wildman–Crippen MR) is 69.5 cm³/mol. The Morgan fingerprint density at radius 2 is 1.31 bits per heavy atom. The summed E-state index contributed by atoms with van der Waals surface area (Å²) < 4.78 is 10.7. The molecule has 0 spiro atoms. The highest BCUT2D eigenvalue weighted by Gasteiger charge is 2.19. The molecule has 2 nitrogen and oxygen atoms in total. The van der Waals surface area contributed by atoms with Gasteiger partial charge in [-0.05, 0) is 37.5 Å². The molecule has 1 aromatic carbocycles. The number of aryl methyl sites for hydroxylation is 2. The second-order valence-corrected chi connectivity index (χ2v) is 3.20. The summed E-state index contributed by atoms with van der Waals surface area (Å²) in [6.45, 7) is 14.5. The lowest BCUT2D eigenvalue weighted by Crippen LogP contribution is -1.93. The number of fused-ring (bicyclic) bond motifs is 1. The minimum absolute atomic E-state index is 0.362. The van der Waals surface area contributed by atoms with Gasteiger partial charge in [0.25, 0.3) is 0 Å². The summed E-state index contributed by atoms with van der Waals surface area (Å²) >= 11 is 0. The van der Waals surface area contributed by atoms with E-state index in [2.05, 4.69) is 19.9 Å². The van der Waals surface area contributed by atoms with Crippen molar-refractivity contribution in [2.75, 3.05) is 6.79 Å². The van der Waals surface area contributed by atoms with E-state index >= 15 is 0 Å². The van der Waals surface area contributed by atoms with E-state index in [4.69, 9.17) is 9.47 Å². The number of benzene rings is 1. The molecule has 1 aromatic rings. The Labute approximate surface area is 99.6 Å². The van der Waals surface area contributed by atoms with Crippen LogP contribution in [0.1, 0.15) is 44.4 Å². The van der Waals surface area contributed by atoms with Crippen molar-refractivity contribution >= 4 is 0 Å². The summed E-state index contributed by atoms with van der Waals surface area (Å²) in [6.07, 6.45) is 0. The van der Waals surface area contributed by atoms with Crippen LogP contribution >= 0.6 is 0 Å². The first-order valence-electron chi connectivity index (χ1n) is 6.06. The molecule has 0 unspecified atom stereocenters. The van der Waals surface area contributed by atoms with E-state index in [1.54, 1.807) is 0 Å². The Balaban J connectivity index is 0.000000509. The lowest BCUT2D eigenvalue weighted by atomic mass is 10.0. The van der Waals surface area contributed by atoms with Crippen LogP contribution in [0.25, 0.3) is 0 Å². The molecule has 16 heavy (non-hydrogen) atoms. The first-order chi connectivity index (χ1) is 7.70. The van der Waals surface area contributed by atoms with Crippen molar-refractivity contribution in [3.8, 4) is 11.5 Å². The van der Waals surface area contributed by atoms with Crippen molar-refractivity contribution in [1.29, 1.82) is 0 Å². The second-order valence-electron chi connectivity index (χ2n) is 3.20. The molecule has 2 heteroatoms. The van der Waals surface area contributed by atoms with Crippen LogP contribution in [-0.2, 0) is 0 Å². The Bertz CT molecular complexity index is 330. The molecule has 0 N–H and O–H groups in total. The van der Waals surface area contributed by atoms with Gasteiger partial charge in [-0.3, -0.25) is 0 Å². The minimum Gasteiger partial charge on any atom is -0.453 e. The average Bonchev–Trinajstić information content (AvgIpc) is 2.81. The van der Waals surface area contributed by atoms with Crippen LogP contribution < -0.4 is 9.47 Å². The Hall–Kier alpha value is -1.18. The quantitative estimate of drug-likeness (QED) is 0.650. The van der Waals surface area contributed by atoms with E-state index in [9.17, 15) is 0 Å². The molecule has 0 bridgehead atoms. The van der Waals surface area contributed by atoms with Gasteiger partial charge in [-0.25, -0.2) is 0 Å². The number of ether oxygens (including phenoxy) is 2. The van der Waals surface area contributed by atoms with Crippen molar-refractivity contribution in [2.45, 2.75) is 48.5 Å². The van der Waals surface area contributed by atoms with Crippen LogP contribution in [0.2, 0.25) is 0 Å². The van der Waals surface area contributed by atoms with Crippen LogP contribution in [-0.4, -0.2) is 6.79 Å². The predicted octanol–water partition coefficient (Wildman–Crippen LogP) is 4.39. The molecular weight excluding hydrogens is 200 g/mol. The normalized spacial score (nSPS) is 10.9. The lowest BCUT2D eigenvalue weighted by molar-refractivity contribution is 0.173. The van der Waals surface area contributed by atoms with Crippen LogP contribution in [0.3, 0.4) is 0 Å². The van der Waals surface area contributed by atoms with Gasteiger partial charge < -0.3 is 9.47 Å². The van der Waals surface area contributed by atoms with Crippen LogP contribution in [0.15, 0.2) is 6.07 Å². The Kier molecular flexibility index (Phi) is 6.63. The van der Waals surface area contributed by atoms with E-state index in [-0.39, 0.29) is 0 Å². The zero-order valence-electron chi connectivity index (χ0n) is 11.6. The number of hydrogen-bond donors (Lipinski definition) is 0. The number of rotatable bonds is 0. The third kappa shape index (κ3) is 2.91. The molecular formula is C14H24O2. The third-order valence-electron chi connectivity index (χ3n) is 2.34. The second kappa shape index (κ2) is 7.15. The smallest absolute Gasteiger partial charge is 0.231 e. The molecule has 1 aliphatic heterocycles. The molecule has 92 valence electrons. The lowest BCUT2D eigenvalue weighted by Gasteiger charge is -2.06. The molecule has 0 fully saturated rings. The zero-order valence-corrected chi connectivity index (χ0v) is 11.6. The van der Waals surface area contributed by atoms with Crippen LogP contribution in [0.5, 0.6) is 11.5 Å². The van der Waals surface area contributed by atoms with Crippen molar-refractivity contribution in [3.63, 3.8) is 0 Å². The van der Waals surface area contributed by atoms with Gasteiger partial charge in [0.2, 0.25) is 6.79 Å². The Morgan fingerprint density at radius 1 is 0.812 bits per heavy atom. The zero-order chi connectivity index (χ0) is 12.7. The standard InChI is InChI=1S/C10H12O2.2C2H6/c1-6-4-7(2)9-10(8(6)3)12-5-11-9;2*1-2/h4H,5H2,1-3H3;2*1-2H3. The van der Waals surface area contributed by atoms with Crippen molar-refractivity contribution in [1.82, 2.24) is 0 Å². The topological polar surface area (TPSA) is 18.5 Å². The van der Waals surface area contributed by atoms with Gasteiger partial charge in [-0.15, -0.1) is 0 Å². The summed E-state index contributed by atoms with van der Waals surface area (Å²) in [7, 11) is 0. The summed E-state index contributed by atoms with van der Waals surface area (Å²) in [4.78, 5) is 0. The van der Waals surface area contributed by atoms with Gasteiger partial charge >= 0.3 is 0 Å². The fourth-order valence-electron chi connectivity index (χ4n) is 1.53. The first kappa shape index (κ1) is 14.8. The molecule has 2 rings (SSSR count). The molecule has 0 aromatic heterocycles. The SMILES string of the molecule is CC.CC.Cc1cc(C)c2c(c1C)OCO2. The molecule has 1 heterocycles. The van der Waals surface area contributed by atoms with E-state index in [0.29, 0.717) is 6.79 Å². The third-order valence-corrected chi connectivity index (χ3v) is 2.34. The average molecular weight is 224 g/mol. The van der Waals surface area contributed by atoms with Gasteiger partial charge in [0.1, 0.15) is 0 Å². The first-order valence-corrected chi connectivity index (χ1v) is 6.06. The maximum atomic E-state index is 5.37. The Morgan fingerprint density at radius 3 is 1.88 bits per heavy atom. The van der Waals surface area contributed by atoms with E-state index in [1.165, 1.54) is 11.1 Å². The van der Waals surface area contributed by atoms with E-state index in [0.717, 1.165) is 17.1 Å². The highest BCUT2D eigenvalue weighted by atomic mass is 16.7. The van der Waals surface area contributed by atoms with Crippen molar-refractivity contribution in [3.05, 3.63) is 22.8 Å². The molecule has 0 aliphatic carbocycles. The van der Waals surface area contributed by atoms with Gasteiger partial charge in [-0.1, -0.05) is 33.8 Å². The van der Waals surface area contributed by atoms with Gasteiger partial charge in [0.15, 0.2) is 11.5 Å². The van der Waals surface area contributed by atoms with Gasteiger partial charge in [0.05, 0.1) is 0 Å². The highest BCUT2D eigenvalue weighted by molar-refractivity contribution is 5.55. The maximum absolute atomic E-state index is 5.37. The molecule has 0 saturated heterocycles. The maximum Gasteiger partial charge on any atom is 0.231 e. The molecule has 0 atom stereocenters. The van der Waals surface area contributed by atoms with Crippen molar-refractivity contribution in [2.24, 2.45) is 0 Å². The van der Waals surface area contributed by atoms with Crippen LogP contribution in [0, 0.1) is 20.8 Å². The van der Waals surface area contributed by atoms with E-state index in [1.807, 2.05) is 34.6 Å². The molecule has 0 saturated carbocycles. The summed E-state index contributed by atoms with van der Waals surface area (Å²) in [5, 5.41) is 0. The summed E-state index contributed by atoms with van der Waals surface area (Å²) in [5.41, 5.74) is 3.61. The fraction of sp³-hybridized carbons (Fsp3) is 0.571. The molecule has 1 aliphatic rings. The van der Waals surface area contributed by atoms with Gasteiger partial charge in [-0.2, -0.15) is 0 Å². The van der Waals surface area contributed by atoms with Crippen molar-refractivity contribution < 1.29 is 9.47 Å². The summed E-state index contributed by atoms with van der Waals surface area (Å²) in [6, 6.07) is 2.13. The van der Waals surface area contributed by atoms with E-state index < -0.39 is 0 Å². The minimum atomic E-state index is 0.362. The van der Waals surface area contributed by atoms with Crippen LogP contribution in [0.4, 0.5) is 0 Å². The fourth-order valence-corrected chi connectivity index (χ4v) is 1.53. The monoisotopic (exact) mass is 224 g/mol. The summed E-state index contributed by atoms with van der Waals surface area (Å²) in [5.74, 6) is 1.84.